The van der Waals surface area contributed by atoms with Crippen LogP contribution in [-0.2, 0) is 14.2 Å². The van der Waals surface area contributed by atoms with E-state index in [2.05, 4.69) is 5.32 Å². The summed E-state index contributed by atoms with van der Waals surface area (Å²) in [7, 11) is -1.34. The Kier molecular flexibility index (Phi) is 4.97. The van der Waals surface area contributed by atoms with Crippen LogP contribution >= 0.6 is 11.8 Å². The molecule has 9 heteroatoms. The highest BCUT2D eigenvalue weighted by Gasteiger charge is 2.43. The number of amides is 1. The fraction of sp³-hybridized carbons (Fsp3) is 0.500. The van der Waals surface area contributed by atoms with Crippen molar-refractivity contribution in [2.24, 2.45) is 5.92 Å². The van der Waals surface area contributed by atoms with Crippen LogP contribution in [0.5, 0.6) is 0 Å². The third-order valence-electron chi connectivity index (χ3n) is 3.35. The topological polar surface area (TPSA) is 116 Å². The average molecular weight is 313 g/mol. The van der Waals surface area contributed by atoms with E-state index in [0.717, 1.165) is 0 Å². The number of aliphatic hydroxyl groups excluding tert-OH is 1. The summed E-state index contributed by atoms with van der Waals surface area (Å²) >= 11 is 1.36. The van der Waals surface area contributed by atoms with Gasteiger partial charge in [-0.15, -0.1) is 0 Å². The third-order valence-corrected chi connectivity index (χ3v) is 3.91. The first-order valence-corrected chi connectivity index (χ1v) is 7.78. The molecule has 7 nitrogen and oxygen atoms in total. The Morgan fingerprint density at radius 1 is 1.57 bits per heavy atom. The molecule has 0 bridgehead atoms. The monoisotopic (exact) mass is 313 g/mol. The molecule has 0 saturated heterocycles. The summed E-state index contributed by atoms with van der Waals surface area (Å²) in [6.07, 6.45) is 3.79. The summed E-state index contributed by atoms with van der Waals surface area (Å²) < 4.78 is 5.25. The van der Waals surface area contributed by atoms with Crippen LogP contribution in [0.15, 0.2) is 23.5 Å². The standard InChI is InChI=1S/C12H16BNO6S/c1-21-5-9(16)14-8-4-6-2-3-7(15)10(12(17)18)11(6)20-13(8)19/h2-3,7-8,10,15,19H,4-5H2,1H3,(H,14,16)(H,17,18)/t7?,8-,10?/m0/s1. The van der Waals surface area contributed by atoms with Gasteiger partial charge >= 0.3 is 13.1 Å². The molecule has 0 fully saturated rings. The van der Waals surface area contributed by atoms with Crippen LogP contribution < -0.4 is 5.32 Å². The van der Waals surface area contributed by atoms with Crippen LogP contribution in [0.25, 0.3) is 0 Å². The number of hydrogen-bond donors (Lipinski definition) is 4. The third kappa shape index (κ3) is 3.42. The van der Waals surface area contributed by atoms with Crippen molar-refractivity contribution in [2.75, 3.05) is 12.0 Å². The molecule has 21 heavy (non-hydrogen) atoms. The molecule has 0 saturated carbocycles. The summed E-state index contributed by atoms with van der Waals surface area (Å²) in [5, 5.41) is 31.4. The van der Waals surface area contributed by atoms with E-state index in [9.17, 15) is 19.7 Å². The van der Waals surface area contributed by atoms with Gasteiger partial charge < -0.3 is 25.2 Å². The number of carboxylic acid groups (broad SMARTS) is 1. The summed E-state index contributed by atoms with van der Waals surface area (Å²) in [5.74, 6) is -3.01. The number of carboxylic acids is 1. The maximum absolute atomic E-state index is 11.6. The van der Waals surface area contributed by atoms with Gasteiger partial charge in [0, 0.05) is 0 Å². The first kappa shape index (κ1) is 15.9. The highest BCUT2D eigenvalue weighted by atomic mass is 32.2. The molecule has 3 atom stereocenters. The minimum atomic E-state index is -1.34. The van der Waals surface area contributed by atoms with Gasteiger partial charge in [0.15, 0.2) is 0 Å². The summed E-state index contributed by atoms with van der Waals surface area (Å²) in [5.41, 5.74) is 0.562. The van der Waals surface area contributed by atoms with Gasteiger partial charge in [-0.1, -0.05) is 12.2 Å². The van der Waals surface area contributed by atoms with Crippen molar-refractivity contribution in [3.8, 4) is 0 Å². The Bertz CT molecular complexity index is 508. The second-order valence-corrected chi connectivity index (χ2v) is 5.74. The highest BCUT2D eigenvalue weighted by molar-refractivity contribution is 7.99. The first-order valence-electron chi connectivity index (χ1n) is 6.39. The zero-order chi connectivity index (χ0) is 15.6. The van der Waals surface area contributed by atoms with E-state index < -0.39 is 31.1 Å². The number of allylic oxidation sites excluding steroid dienone is 1. The highest BCUT2D eigenvalue weighted by Crippen LogP contribution is 2.33. The SMILES string of the molecule is CSCC(=O)N[C@H]1CC2=C(OB1O)C(C(=O)O)C(O)C=C2. The lowest BCUT2D eigenvalue weighted by atomic mass is 9.70. The molecule has 0 spiro atoms. The largest absolute Gasteiger partial charge is 0.546 e. The maximum Gasteiger partial charge on any atom is 0.546 e. The van der Waals surface area contributed by atoms with Gasteiger partial charge in [0.2, 0.25) is 5.91 Å². The van der Waals surface area contributed by atoms with E-state index >= 15 is 0 Å². The second kappa shape index (κ2) is 6.55. The van der Waals surface area contributed by atoms with Crippen molar-refractivity contribution in [3.63, 3.8) is 0 Å². The quantitative estimate of drug-likeness (QED) is 0.500. The Labute approximate surface area is 126 Å². The van der Waals surface area contributed by atoms with Gasteiger partial charge in [-0.2, -0.15) is 11.8 Å². The fourth-order valence-corrected chi connectivity index (χ4v) is 2.74. The number of aliphatic hydroxyl groups is 1. The molecule has 0 aromatic rings. The molecular weight excluding hydrogens is 297 g/mol. The molecular formula is C12H16BNO6S. The second-order valence-electron chi connectivity index (χ2n) is 4.87. The van der Waals surface area contributed by atoms with Crippen molar-refractivity contribution in [1.29, 1.82) is 0 Å². The molecule has 2 unspecified atom stereocenters. The van der Waals surface area contributed by atoms with Gasteiger partial charge in [-0.3, -0.25) is 9.59 Å². The maximum atomic E-state index is 11.6. The Hall–Kier alpha value is -1.45. The molecule has 1 amide bonds. The first-order chi connectivity index (χ1) is 9.93. The molecule has 2 aliphatic rings. The number of thioether (sulfide) groups is 1. The Morgan fingerprint density at radius 3 is 2.90 bits per heavy atom. The van der Waals surface area contributed by atoms with Crippen LogP contribution in [0, 0.1) is 5.92 Å². The molecule has 2 rings (SSSR count). The molecule has 0 aromatic heterocycles. The number of carbonyl (C=O) groups excluding carboxylic acids is 1. The fourth-order valence-electron chi connectivity index (χ4n) is 2.39. The number of nitrogens with one attached hydrogen (secondary N) is 1. The lowest BCUT2D eigenvalue weighted by Gasteiger charge is -2.34. The van der Waals surface area contributed by atoms with Crippen molar-refractivity contribution in [2.45, 2.75) is 18.5 Å². The van der Waals surface area contributed by atoms with Crippen molar-refractivity contribution < 1.29 is 29.5 Å². The average Bonchev–Trinajstić information content (AvgIpc) is 2.39. The number of aliphatic carboxylic acids is 1. The van der Waals surface area contributed by atoms with Crippen molar-refractivity contribution in [3.05, 3.63) is 23.5 Å². The number of rotatable bonds is 4. The van der Waals surface area contributed by atoms with Crippen LogP contribution in [-0.4, -0.2) is 58.3 Å². The minimum Gasteiger partial charge on any atom is -0.537 e. The molecule has 4 N–H and O–H groups in total. The smallest absolute Gasteiger partial charge is 0.537 e. The van der Waals surface area contributed by atoms with E-state index in [0.29, 0.717) is 5.57 Å². The summed E-state index contributed by atoms with van der Waals surface area (Å²) in [6.45, 7) is 0. The predicted octanol–water partition coefficient (Wildman–Crippen LogP) is -0.840. The van der Waals surface area contributed by atoms with E-state index in [1.807, 2.05) is 0 Å². The minimum absolute atomic E-state index is 0.0559. The Morgan fingerprint density at radius 2 is 2.29 bits per heavy atom. The zero-order valence-electron chi connectivity index (χ0n) is 11.4. The van der Waals surface area contributed by atoms with E-state index in [1.165, 1.54) is 17.8 Å². The zero-order valence-corrected chi connectivity index (χ0v) is 12.2. The van der Waals surface area contributed by atoms with E-state index in [4.69, 9.17) is 9.76 Å². The van der Waals surface area contributed by atoms with Gasteiger partial charge in [-0.25, -0.2) is 0 Å². The lowest BCUT2D eigenvalue weighted by molar-refractivity contribution is -0.144. The van der Waals surface area contributed by atoms with Crippen LogP contribution in [0.3, 0.4) is 0 Å². The van der Waals surface area contributed by atoms with E-state index in [-0.39, 0.29) is 23.8 Å². The van der Waals surface area contributed by atoms with Crippen molar-refractivity contribution >= 4 is 30.8 Å². The van der Waals surface area contributed by atoms with Crippen LogP contribution in [0.1, 0.15) is 6.42 Å². The van der Waals surface area contributed by atoms with Crippen molar-refractivity contribution in [1.82, 2.24) is 5.32 Å². The molecule has 1 aliphatic heterocycles. The lowest BCUT2D eigenvalue weighted by Crippen LogP contribution is -2.52. The summed E-state index contributed by atoms with van der Waals surface area (Å²) in [6, 6.07) is 0. The van der Waals surface area contributed by atoms with Crippen LogP contribution in [0.4, 0.5) is 0 Å². The number of carbonyl (C=O) groups is 2. The molecule has 1 aliphatic carbocycles. The normalized spacial score (nSPS) is 28.0. The summed E-state index contributed by atoms with van der Waals surface area (Å²) in [4.78, 5) is 22.8. The molecule has 1 heterocycles. The van der Waals surface area contributed by atoms with Gasteiger partial charge in [-0.05, 0) is 18.2 Å². The Balaban J connectivity index is 2.16. The van der Waals surface area contributed by atoms with Gasteiger partial charge in [0.25, 0.3) is 0 Å². The molecule has 0 radical (unpaired) electrons. The van der Waals surface area contributed by atoms with Gasteiger partial charge in [0.05, 0.1) is 23.6 Å². The van der Waals surface area contributed by atoms with Crippen LogP contribution in [0.2, 0.25) is 0 Å². The van der Waals surface area contributed by atoms with Gasteiger partial charge in [0.1, 0.15) is 5.92 Å². The van der Waals surface area contributed by atoms with E-state index in [1.54, 1.807) is 12.3 Å². The molecule has 114 valence electrons. The predicted molar refractivity (Wildman–Crippen MR) is 77.3 cm³/mol. The number of hydrogen-bond acceptors (Lipinski definition) is 6. The molecule has 0 aromatic carbocycles.